The number of aliphatic hydroxyl groups is 1. The molecule has 0 aromatic heterocycles. The zero-order valence-corrected chi connectivity index (χ0v) is 14.8. The topological polar surface area (TPSA) is 20.2 Å². The second-order valence-electron chi connectivity index (χ2n) is 6.73. The fourth-order valence-electron chi connectivity index (χ4n) is 3.99. The molecule has 4 aromatic rings. The van der Waals surface area contributed by atoms with Crippen LogP contribution in [0.3, 0.4) is 0 Å². The number of aliphatic hydroxyl groups excluding tert-OH is 1. The summed E-state index contributed by atoms with van der Waals surface area (Å²) >= 11 is 0. The third kappa shape index (κ3) is 2.48. The normalized spacial score (nSPS) is 11.8. The van der Waals surface area contributed by atoms with Crippen molar-refractivity contribution in [3.05, 3.63) is 130 Å². The molecule has 0 unspecified atom stereocenters. The van der Waals surface area contributed by atoms with Gasteiger partial charge in [0.1, 0.15) is 5.76 Å². The first-order chi connectivity index (χ1) is 13.3. The molecular formula is C26H18O. The summed E-state index contributed by atoms with van der Waals surface area (Å²) in [6, 6.07) is 35.1. The average Bonchev–Trinajstić information content (AvgIpc) is 3.03. The largest absolute Gasteiger partial charge is 0.507 e. The SMILES string of the molecule is OC1=c2c(cccc2=C(c2ccccc2)c2ccccc2)-c2ccccc21. The molecule has 0 radical (unpaired) electrons. The van der Waals surface area contributed by atoms with Gasteiger partial charge in [0.25, 0.3) is 0 Å². The van der Waals surface area contributed by atoms with Crippen LogP contribution in [0, 0.1) is 0 Å². The third-order valence-electron chi connectivity index (χ3n) is 5.17. The molecule has 0 atom stereocenters. The molecule has 1 heteroatoms. The summed E-state index contributed by atoms with van der Waals surface area (Å²) in [5, 5.41) is 13.0. The fraction of sp³-hybridized carbons (Fsp3) is 0. The molecule has 1 nitrogen and oxygen atoms in total. The van der Waals surface area contributed by atoms with Crippen LogP contribution in [-0.2, 0) is 0 Å². The first-order valence-electron chi connectivity index (χ1n) is 9.12. The van der Waals surface area contributed by atoms with Crippen molar-refractivity contribution in [2.45, 2.75) is 0 Å². The Balaban J connectivity index is 1.98. The zero-order valence-electron chi connectivity index (χ0n) is 14.8. The van der Waals surface area contributed by atoms with E-state index >= 15 is 0 Å². The maximum Gasteiger partial charge on any atom is 0.131 e. The van der Waals surface area contributed by atoms with Gasteiger partial charge in [-0.1, -0.05) is 103 Å². The van der Waals surface area contributed by atoms with E-state index in [1.807, 2.05) is 30.3 Å². The molecule has 0 amide bonds. The van der Waals surface area contributed by atoms with E-state index in [0.717, 1.165) is 43.8 Å². The molecule has 0 aliphatic heterocycles. The van der Waals surface area contributed by atoms with E-state index < -0.39 is 0 Å². The van der Waals surface area contributed by atoms with E-state index in [0.29, 0.717) is 5.76 Å². The minimum atomic E-state index is 0.362. The maximum absolute atomic E-state index is 11.1. The molecule has 0 heterocycles. The van der Waals surface area contributed by atoms with Gasteiger partial charge in [-0.2, -0.15) is 0 Å². The number of benzene rings is 4. The number of rotatable bonds is 2. The van der Waals surface area contributed by atoms with E-state index in [1.165, 1.54) is 0 Å². The van der Waals surface area contributed by atoms with Crippen LogP contribution < -0.4 is 10.4 Å². The highest BCUT2D eigenvalue weighted by Crippen LogP contribution is 2.29. The molecular weight excluding hydrogens is 328 g/mol. The van der Waals surface area contributed by atoms with Gasteiger partial charge in [-0.3, -0.25) is 0 Å². The van der Waals surface area contributed by atoms with Gasteiger partial charge in [-0.05, 0) is 33.0 Å². The summed E-state index contributed by atoms with van der Waals surface area (Å²) in [7, 11) is 0. The highest BCUT2D eigenvalue weighted by Gasteiger charge is 2.20. The first-order valence-corrected chi connectivity index (χ1v) is 9.12. The van der Waals surface area contributed by atoms with E-state index in [-0.39, 0.29) is 0 Å². The third-order valence-corrected chi connectivity index (χ3v) is 5.17. The molecule has 0 bridgehead atoms. The standard InChI is InChI=1S/C26H18O/c27-26-22-15-8-7-14-20(22)21-16-9-17-23(25(21)26)24(18-10-3-1-4-11-18)19-12-5-2-6-13-19/h1-17,27H. The Morgan fingerprint density at radius 2 is 1.00 bits per heavy atom. The monoisotopic (exact) mass is 346 g/mol. The smallest absolute Gasteiger partial charge is 0.131 e. The molecule has 0 spiro atoms. The van der Waals surface area contributed by atoms with Crippen LogP contribution in [0.15, 0.2) is 103 Å². The maximum atomic E-state index is 11.1. The van der Waals surface area contributed by atoms with Crippen molar-refractivity contribution < 1.29 is 5.11 Å². The Hall–Kier alpha value is -3.58. The van der Waals surface area contributed by atoms with Gasteiger partial charge in [0.2, 0.25) is 0 Å². The average molecular weight is 346 g/mol. The lowest BCUT2D eigenvalue weighted by Crippen LogP contribution is -2.30. The van der Waals surface area contributed by atoms with Gasteiger partial charge in [0.15, 0.2) is 0 Å². The Bertz CT molecular complexity index is 1210. The second kappa shape index (κ2) is 6.30. The molecule has 1 N–H and O–H groups in total. The molecule has 0 saturated carbocycles. The lowest BCUT2D eigenvalue weighted by atomic mass is 9.94. The van der Waals surface area contributed by atoms with Crippen molar-refractivity contribution in [1.82, 2.24) is 0 Å². The van der Waals surface area contributed by atoms with E-state index in [9.17, 15) is 5.11 Å². The summed E-state index contributed by atoms with van der Waals surface area (Å²) < 4.78 is 0. The summed E-state index contributed by atoms with van der Waals surface area (Å²) in [4.78, 5) is 0. The summed E-state index contributed by atoms with van der Waals surface area (Å²) in [6.07, 6.45) is 0. The summed E-state index contributed by atoms with van der Waals surface area (Å²) in [5.74, 6) is 0.362. The minimum absolute atomic E-state index is 0.362. The van der Waals surface area contributed by atoms with E-state index in [1.54, 1.807) is 0 Å². The Kier molecular flexibility index (Phi) is 3.65. The van der Waals surface area contributed by atoms with Crippen molar-refractivity contribution in [2.24, 2.45) is 0 Å². The molecule has 4 aromatic carbocycles. The van der Waals surface area contributed by atoms with Crippen molar-refractivity contribution >= 4 is 11.3 Å². The number of fused-ring (bicyclic) bond motifs is 3. The van der Waals surface area contributed by atoms with Crippen LogP contribution in [-0.4, -0.2) is 5.11 Å². The zero-order chi connectivity index (χ0) is 18.2. The highest BCUT2D eigenvalue weighted by atomic mass is 16.3. The Morgan fingerprint density at radius 1 is 0.481 bits per heavy atom. The summed E-state index contributed by atoms with van der Waals surface area (Å²) in [6.45, 7) is 0. The van der Waals surface area contributed by atoms with Crippen LogP contribution in [0.5, 0.6) is 0 Å². The van der Waals surface area contributed by atoms with E-state index in [4.69, 9.17) is 0 Å². The quantitative estimate of drug-likeness (QED) is 0.561. The Labute approximate surface area is 158 Å². The summed E-state index contributed by atoms with van der Waals surface area (Å²) in [5.41, 5.74) is 6.49. The predicted octanol–water partition coefficient (Wildman–Crippen LogP) is 4.63. The van der Waals surface area contributed by atoms with Gasteiger partial charge < -0.3 is 5.11 Å². The number of hydrogen-bond acceptors (Lipinski definition) is 1. The molecule has 1 aliphatic carbocycles. The lowest BCUT2D eigenvalue weighted by Gasteiger charge is -2.10. The minimum Gasteiger partial charge on any atom is -0.507 e. The van der Waals surface area contributed by atoms with Crippen molar-refractivity contribution in [2.75, 3.05) is 0 Å². The van der Waals surface area contributed by atoms with Crippen molar-refractivity contribution in [3.63, 3.8) is 0 Å². The van der Waals surface area contributed by atoms with Crippen LogP contribution in [0.25, 0.3) is 22.5 Å². The van der Waals surface area contributed by atoms with Gasteiger partial charge in [-0.15, -0.1) is 0 Å². The molecule has 0 fully saturated rings. The highest BCUT2D eigenvalue weighted by molar-refractivity contribution is 5.88. The molecule has 0 saturated heterocycles. The lowest BCUT2D eigenvalue weighted by molar-refractivity contribution is 0.509. The van der Waals surface area contributed by atoms with Gasteiger partial charge >= 0.3 is 0 Å². The predicted molar refractivity (Wildman–Crippen MR) is 111 cm³/mol. The van der Waals surface area contributed by atoms with Crippen LogP contribution in [0.1, 0.15) is 16.7 Å². The number of hydrogen-bond donors (Lipinski definition) is 1. The van der Waals surface area contributed by atoms with Gasteiger partial charge in [-0.25, -0.2) is 0 Å². The van der Waals surface area contributed by atoms with Crippen LogP contribution in [0.2, 0.25) is 0 Å². The molecule has 128 valence electrons. The Morgan fingerprint density at radius 3 is 1.63 bits per heavy atom. The molecule has 5 rings (SSSR count). The molecule has 1 aliphatic rings. The van der Waals surface area contributed by atoms with Gasteiger partial charge in [0, 0.05) is 10.8 Å². The first kappa shape index (κ1) is 15.7. The van der Waals surface area contributed by atoms with Crippen molar-refractivity contribution in [1.29, 1.82) is 0 Å². The van der Waals surface area contributed by atoms with Crippen molar-refractivity contribution in [3.8, 4) is 11.1 Å². The van der Waals surface area contributed by atoms with Crippen LogP contribution >= 0.6 is 0 Å². The molecule has 27 heavy (non-hydrogen) atoms. The van der Waals surface area contributed by atoms with E-state index in [2.05, 4.69) is 72.8 Å². The van der Waals surface area contributed by atoms with Gasteiger partial charge in [0.05, 0.1) is 0 Å². The van der Waals surface area contributed by atoms with Crippen LogP contribution in [0.4, 0.5) is 0 Å². The second-order valence-corrected chi connectivity index (χ2v) is 6.73. The fourth-order valence-corrected chi connectivity index (χ4v) is 3.99.